The molecule has 0 fully saturated rings. The molecule has 2 aromatic rings. The highest BCUT2D eigenvalue weighted by atomic mass is 16.5. The molecule has 0 aliphatic carbocycles. The van der Waals surface area contributed by atoms with Gasteiger partial charge in [-0.05, 0) is 25.2 Å². The lowest BCUT2D eigenvalue weighted by atomic mass is 10.2. The van der Waals surface area contributed by atoms with Crippen LogP contribution in [0.5, 0.6) is 5.75 Å². The first-order chi connectivity index (χ1) is 9.28. The maximum absolute atomic E-state index is 5.30. The molecule has 0 aliphatic rings. The van der Waals surface area contributed by atoms with Gasteiger partial charge in [-0.2, -0.15) is 4.98 Å². The molecule has 0 amide bonds. The molecular weight excluding hydrogens is 242 g/mol. The molecule has 0 saturated heterocycles. The maximum Gasteiger partial charge on any atom is 0.241 e. The van der Waals surface area contributed by atoms with Crippen LogP contribution in [0.3, 0.4) is 0 Å². The summed E-state index contributed by atoms with van der Waals surface area (Å²) in [5.74, 6) is 1.95. The zero-order valence-electron chi connectivity index (χ0n) is 11.6. The molecule has 5 nitrogen and oxygen atoms in total. The summed E-state index contributed by atoms with van der Waals surface area (Å²) in [6, 6.07) is 7.65. The van der Waals surface area contributed by atoms with Gasteiger partial charge in [0.15, 0.2) is 0 Å². The van der Waals surface area contributed by atoms with E-state index in [1.54, 1.807) is 7.11 Å². The summed E-state index contributed by atoms with van der Waals surface area (Å²) < 4.78 is 10.6. The summed E-state index contributed by atoms with van der Waals surface area (Å²) in [5.41, 5.74) is 0.847. The van der Waals surface area contributed by atoms with Gasteiger partial charge in [0.2, 0.25) is 11.7 Å². The van der Waals surface area contributed by atoms with Crippen LogP contribution in [0.2, 0.25) is 0 Å². The molecule has 19 heavy (non-hydrogen) atoms. The van der Waals surface area contributed by atoms with E-state index in [1.165, 1.54) is 0 Å². The van der Waals surface area contributed by atoms with Crippen molar-refractivity contribution in [3.8, 4) is 17.1 Å². The molecular formula is C14H19N3O2. The smallest absolute Gasteiger partial charge is 0.241 e. The van der Waals surface area contributed by atoms with E-state index in [4.69, 9.17) is 9.26 Å². The van der Waals surface area contributed by atoms with Crippen molar-refractivity contribution < 1.29 is 9.26 Å². The van der Waals surface area contributed by atoms with Gasteiger partial charge in [0.05, 0.1) is 19.2 Å². The molecule has 0 aliphatic heterocycles. The number of methoxy groups -OCH3 is 1. The van der Waals surface area contributed by atoms with Crippen molar-refractivity contribution in [3.05, 3.63) is 30.2 Å². The minimum absolute atomic E-state index is 0.569. The molecule has 0 N–H and O–H groups in total. The van der Waals surface area contributed by atoms with Gasteiger partial charge in [0.25, 0.3) is 0 Å². The predicted octanol–water partition coefficient (Wildman–Crippen LogP) is 2.59. The number of para-hydroxylation sites is 1. The standard InChI is InChI=1S/C14H19N3O2/c1-4-17(5-2)10-13-15-14(16-19-13)11-8-6-7-9-12(11)18-3/h6-9H,4-5,10H2,1-3H3. The monoisotopic (exact) mass is 261 g/mol. The zero-order chi connectivity index (χ0) is 13.7. The molecule has 0 radical (unpaired) electrons. The number of benzene rings is 1. The molecule has 0 saturated carbocycles. The van der Waals surface area contributed by atoms with Crippen LogP contribution in [0.4, 0.5) is 0 Å². The second-order valence-corrected chi connectivity index (χ2v) is 4.17. The third-order valence-corrected chi connectivity index (χ3v) is 3.07. The second kappa shape index (κ2) is 6.33. The Balaban J connectivity index is 2.21. The van der Waals surface area contributed by atoms with Gasteiger partial charge in [-0.3, -0.25) is 4.90 Å². The van der Waals surface area contributed by atoms with Gasteiger partial charge in [0.1, 0.15) is 5.75 Å². The Morgan fingerprint density at radius 1 is 1.21 bits per heavy atom. The normalized spacial score (nSPS) is 10.9. The molecule has 0 unspecified atom stereocenters. The lowest BCUT2D eigenvalue weighted by Gasteiger charge is -2.14. The fourth-order valence-electron chi connectivity index (χ4n) is 1.90. The van der Waals surface area contributed by atoms with Crippen LogP contribution in [0.1, 0.15) is 19.7 Å². The number of hydrogen-bond donors (Lipinski definition) is 0. The van der Waals surface area contributed by atoms with Crippen LogP contribution in [-0.4, -0.2) is 35.2 Å². The van der Waals surface area contributed by atoms with E-state index in [9.17, 15) is 0 Å². The van der Waals surface area contributed by atoms with Crippen LogP contribution < -0.4 is 4.74 Å². The number of aromatic nitrogens is 2. The molecule has 0 bridgehead atoms. The average Bonchev–Trinajstić information content (AvgIpc) is 2.93. The van der Waals surface area contributed by atoms with Gasteiger partial charge in [-0.1, -0.05) is 31.1 Å². The fraction of sp³-hybridized carbons (Fsp3) is 0.429. The summed E-state index contributed by atoms with van der Waals surface area (Å²) in [6.45, 7) is 6.82. The van der Waals surface area contributed by atoms with Crippen LogP contribution in [0.15, 0.2) is 28.8 Å². The van der Waals surface area contributed by atoms with E-state index in [1.807, 2.05) is 24.3 Å². The summed E-state index contributed by atoms with van der Waals surface area (Å²) in [7, 11) is 1.63. The number of hydrogen-bond acceptors (Lipinski definition) is 5. The molecule has 2 rings (SSSR count). The van der Waals surface area contributed by atoms with Crippen molar-refractivity contribution in [1.29, 1.82) is 0 Å². The zero-order valence-corrected chi connectivity index (χ0v) is 11.6. The number of ether oxygens (including phenoxy) is 1. The first kappa shape index (κ1) is 13.5. The van der Waals surface area contributed by atoms with Crippen molar-refractivity contribution in [1.82, 2.24) is 15.0 Å². The highest BCUT2D eigenvalue weighted by Crippen LogP contribution is 2.27. The molecule has 102 valence electrons. The Hall–Kier alpha value is -1.88. The minimum Gasteiger partial charge on any atom is -0.496 e. The second-order valence-electron chi connectivity index (χ2n) is 4.17. The van der Waals surface area contributed by atoms with E-state index >= 15 is 0 Å². The number of nitrogens with zero attached hydrogens (tertiary/aromatic N) is 3. The lowest BCUT2D eigenvalue weighted by Crippen LogP contribution is -2.22. The molecule has 0 atom stereocenters. The SMILES string of the molecule is CCN(CC)Cc1nc(-c2ccccc2OC)no1. The van der Waals surface area contributed by atoms with Gasteiger partial charge in [-0.15, -0.1) is 0 Å². The summed E-state index contributed by atoms with van der Waals surface area (Å²) in [6.07, 6.45) is 0. The number of rotatable bonds is 6. The molecule has 1 heterocycles. The van der Waals surface area contributed by atoms with Crippen molar-refractivity contribution >= 4 is 0 Å². The third kappa shape index (κ3) is 3.12. The Kier molecular flexibility index (Phi) is 4.52. The van der Waals surface area contributed by atoms with Crippen molar-refractivity contribution in [3.63, 3.8) is 0 Å². The summed E-state index contributed by atoms with van der Waals surface area (Å²) >= 11 is 0. The Labute approximate surface area is 113 Å². The average molecular weight is 261 g/mol. The van der Waals surface area contributed by atoms with Crippen molar-refractivity contribution in [2.45, 2.75) is 20.4 Å². The van der Waals surface area contributed by atoms with Crippen LogP contribution in [0.25, 0.3) is 11.4 Å². The largest absolute Gasteiger partial charge is 0.496 e. The van der Waals surface area contributed by atoms with Gasteiger partial charge in [-0.25, -0.2) is 0 Å². The predicted molar refractivity (Wildman–Crippen MR) is 72.9 cm³/mol. The van der Waals surface area contributed by atoms with E-state index < -0.39 is 0 Å². The Bertz CT molecular complexity index is 521. The van der Waals surface area contributed by atoms with Crippen molar-refractivity contribution in [2.75, 3.05) is 20.2 Å². The van der Waals surface area contributed by atoms with E-state index in [0.717, 1.165) is 24.4 Å². The Morgan fingerprint density at radius 3 is 2.63 bits per heavy atom. The highest BCUT2D eigenvalue weighted by molar-refractivity contribution is 5.63. The summed E-state index contributed by atoms with van der Waals surface area (Å²) in [4.78, 5) is 6.65. The van der Waals surface area contributed by atoms with E-state index in [-0.39, 0.29) is 0 Å². The van der Waals surface area contributed by atoms with Crippen LogP contribution >= 0.6 is 0 Å². The Morgan fingerprint density at radius 2 is 1.95 bits per heavy atom. The quantitative estimate of drug-likeness (QED) is 0.800. The fourth-order valence-corrected chi connectivity index (χ4v) is 1.90. The first-order valence-electron chi connectivity index (χ1n) is 6.46. The van der Waals surface area contributed by atoms with Gasteiger partial charge in [0, 0.05) is 0 Å². The summed E-state index contributed by atoms with van der Waals surface area (Å²) in [5, 5.41) is 4.02. The topological polar surface area (TPSA) is 51.4 Å². The maximum atomic E-state index is 5.30. The van der Waals surface area contributed by atoms with E-state index in [2.05, 4.69) is 28.9 Å². The molecule has 0 spiro atoms. The molecule has 5 heteroatoms. The first-order valence-corrected chi connectivity index (χ1v) is 6.46. The van der Waals surface area contributed by atoms with Crippen LogP contribution in [-0.2, 0) is 6.54 Å². The molecule has 1 aromatic carbocycles. The van der Waals surface area contributed by atoms with Crippen LogP contribution in [0, 0.1) is 0 Å². The van der Waals surface area contributed by atoms with Gasteiger partial charge >= 0.3 is 0 Å². The van der Waals surface area contributed by atoms with Gasteiger partial charge < -0.3 is 9.26 Å². The minimum atomic E-state index is 0.569. The van der Waals surface area contributed by atoms with Crippen molar-refractivity contribution in [2.24, 2.45) is 0 Å². The molecule has 1 aromatic heterocycles. The highest BCUT2D eigenvalue weighted by Gasteiger charge is 2.14. The lowest BCUT2D eigenvalue weighted by molar-refractivity contribution is 0.246. The third-order valence-electron chi connectivity index (χ3n) is 3.07. The van der Waals surface area contributed by atoms with E-state index in [0.29, 0.717) is 18.3 Å².